The largest absolute Gasteiger partial charge is 0.399 e. The van der Waals surface area contributed by atoms with Crippen LogP contribution in [-0.2, 0) is 10.3 Å². The van der Waals surface area contributed by atoms with Crippen molar-refractivity contribution in [3.8, 4) is 0 Å². The van der Waals surface area contributed by atoms with Crippen molar-refractivity contribution in [2.75, 3.05) is 7.11 Å². The molecular weight excluding hydrogens is 186 g/mol. The smallest absolute Gasteiger partial charge is 0.106 e. The Morgan fingerprint density at radius 1 is 1.13 bits per heavy atom. The molecule has 0 spiro atoms. The molecule has 0 bridgehead atoms. The maximum Gasteiger partial charge on any atom is 0.106 e. The highest BCUT2D eigenvalue weighted by atomic mass is 16.6. The highest BCUT2D eigenvalue weighted by molar-refractivity contribution is 5.98. The van der Waals surface area contributed by atoms with Crippen molar-refractivity contribution in [2.45, 2.75) is 33.1 Å². The van der Waals surface area contributed by atoms with Crippen LogP contribution in [0.15, 0.2) is 29.4 Å². The number of oxime groups is 1. The van der Waals surface area contributed by atoms with Crippen molar-refractivity contribution in [1.82, 2.24) is 0 Å². The fourth-order valence-corrected chi connectivity index (χ4v) is 1.40. The van der Waals surface area contributed by atoms with Crippen LogP contribution in [0.5, 0.6) is 0 Å². The molecule has 1 aromatic carbocycles. The van der Waals surface area contributed by atoms with Crippen LogP contribution < -0.4 is 0 Å². The van der Waals surface area contributed by atoms with E-state index in [0.717, 1.165) is 11.3 Å². The van der Waals surface area contributed by atoms with Crippen LogP contribution in [0.25, 0.3) is 0 Å². The van der Waals surface area contributed by atoms with Gasteiger partial charge in [0.1, 0.15) is 7.11 Å². The Morgan fingerprint density at radius 3 is 2.07 bits per heavy atom. The molecule has 0 atom stereocenters. The third kappa shape index (κ3) is 3.08. The van der Waals surface area contributed by atoms with Gasteiger partial charge in [-0.05, 0) is 23.5 Å². The number of nitrogens with zero attached hydrogens (tertiary/aromatic N) is 1. The molecule has 0 unspecified atom stereocenters. The Balaban J connectivity index is 2.96. The van der Waals surface area contributed by atoms with Crippen molar-refractivity contribution in [2.24, 2.45) is 5.16 Å². The van der Waals surface area contributed by atoms with Crippen LogP contribution >= 0.6 is 0 Å². The lowest BCUT2D eigenvalue weighted by Gasteiger charge is -2.19. The van der Waals surface area contributed by atoms with Gasteiger partial charge in [0, 0.05) is 0 Å². The molecule has 82 valence electrons. The van der Waals surface area contributed by atoms with E-state index < -0.39 is 0 Å². The summed E-state index contributed by atoms with van der Waals surface area (Å²) < 4.78 is 0. The lowest BCUT2D eigenvalue weighted by molar-refractivity contribution is 0.213. The van der Waals surface area contributed by atoms with E-state index in [-0.39, 0.29) is 5.41 Å². The first-order chi connectivity index (χ1) is 6.95. The zero-order valence-electron chi connectivity index (χ0n) is 10.2. The molecule has 0 amide bonds. The van der Waals surface area contributed by atoms with Gasteiger partial charge in [-0.25, -0.2) is 0 Å². The molecule has 0 saturated carbocycles. The third-order valence-electron chi connectivity index (χ3n) is 2.40. The molecule has 0 aliphatic carbocycles. The Morgan fingerprint density at radius 2 is 1.67 bits per heavy atom. The lowest BCUT2D eigenvalue weighted by Crippen LogP contribution is -2.11. The fourth-order valence-electron chi connectivity index (χ4n) is 1.40. The molecule has 0 aliphatic rings. The quantitative estimate of drug-likeness (QED) is 0.536. The molecular formula is C13H19NO. The summed E-state index contributed by atoms with van der Waals surface area (Å²) in [5.41, 5.74) is 3.53. The Labute approximate surface area is 91.9 Å². The summed E-state index contributed by atoms with van der Waals surface area (Å²) in [6, 6.07) is 8.45. The topological polar surface area (TPSA) is 21.6 Å². The van der Waals surface area contributed by atoms with E-state index in [0.29, 0.717) is 0 Å². The summed E-state index contributed by atoms with van der Waals surface area (Å²) in [6.07, 6.45) is 0. The van der Waals surface area contributed by atoms with E-state index in [1.807, 2.05) is 6.92 Å². The minimum atomic E-state index is 0.199. The number of hydrogen-bond donors (Lipinski definition) is 0. The second kappa shape index (κ2) is 4.47. The van der Waals surface area contributed by atoms with Crippen LogP contribution in [0.2, 0.25) is 0 Å². The lowest BCUT2D eigenvalue weighted by atomic mass is 9.86. The first kappa shape index (κ1) is 11.8. The maximum atomic E-state index is 4.74. The summed E-state index contributed by atoms with van der Waals surface area (Å²) in [6.45, 7) is 8.56. The molecule has 15 heavy (non-hydrogen) atoms. The van der Waals surface area contributed by atoms with E-state index in [2.05, 4.69) is 50.2 Å². The molecule has 2 heteroatoms. The molecule has 0 radical (unpaired) electrons. The molecule has 2 nitrogen and oxygen atoms in total. The fraction of sp³-hybridized carbons (Fsp3) is 0.462. The van der Waals surface area contributed by atoms with Gasteiger partial charge in [-0.2, -0.15) is 0 Å². The van der Waals surface area contributed by atoms with Gasteiger partial charge in [0.15, 0.2) is 0 Å². The van der Waals surface area contributed by atoms with E-state index in [1.54, 1.807) is 7.11 Å². The molecule has 0 heterocycles. The minimum absolute atomic E-state index is 0.199. The predicted molar refractivity (Wildman–Crippen MR) is 64.4 cm³/mol. The van der Waals surface area contributed by atoms with Crippen LogP contribution in [0, 0.1) is 0 Å². The van der Waals surface area contributed by atoms with Crippen molar-refractivity contribution in [3.63, 3.8) is 0 Å². The van der Waals surface area contributed by atoms with E-state index in [4.69, 9.17) is 4.84 Å². The third-order valence-corrected chi connectivity index (χ3v) is 2.40. The predicted octanol–water partition coefficient (Wildman–Crippen LogP) is 3.35. The maximum absolute atomic E-state index is 4.74. The van der Waals surface area contributed by atoms with Gasteiger partial charge >= 0.3 is 0 Å². The average molecular weight is 205 g/mol. The standard InChI is InChI=1S/C13H19NO/c1-10(14-15-5)11-6-8-12(9-7-11)13(2,3)4/h6-9H,1-5H3/b14-10-. The molecule has 0 N–H and O–H groups in total. The van der Waals surface area contributed by atoms with Gasteiger partial charge in [0.05, 0.1) is 5.71 Å². The monoisotopic (exact) mass is 205 g/mol. The first-order valence-electron chi connectivity index (χ1n) is 5.14. The van der Waals surface area contributed by atoms with E-state index in [1.165, 1.54) is 5.56 Å². The van der Waals surface area contributed by atoms with Gasteiger partial charge < -0.3 is 4.84 Å². The second-order valence-corrected chi connectivity index (χ2v) is 4.69. The minimum Gasteiger partial charge on any atom is -0.399 e. The van der Waals surface area contributed by atoms with Crippen LogP contribution in [-0.4, -0.2) is 12.8 Å². The number of hydrogen-bond acceptors (Lipinski definition) is 2. The zero-order valence-corrected chi connectivity index (χ0v) is 10.2. The van der Waals surface area contributed by atoms with Gasteiger partial charge in [-0.1, -0.05) is 50.2 Å². The Bertz CT molecular complexity index is 344. The highest BCUT2D eigenvalue weighted by Crippen LogP contribution is 2.22. The first-order valence-corrected chi connectivity index (χ1v) is 5.14. The summed E-state index contributed by atoms with van der Waals surface area (Å²) >= 11 is 0. The molecule has 0 fully saturated rings. The normalized spacial score (nSPS) is 12.7. The number of rotatable bonds is 2. The molecule has 1 rings (SSSR count). The molecule has 0 saturated heterocycles. The highest BCUT2D eigenvalue weighted by Gasteiger charge is 2.12. The number of benzene rings is 1. The zero-order chi connectivity index (χ0) is 11.5. The van der Waals surface area contributed by atoms with Crippen LogP contribution in [0.3, 0.4) is 0 Å². The summed E-state index contributed by atoms with van der Waals surface area (Å²) in [7, 11) is 1.56. The van der Waals surface area contributed by atoms with Crippen LogP contribution in [0.1, 0.15) is 38.8 Å². The van der Waals surface area contributed by atoms with Gasteiger partial charge in [0.25, 0.3) is 0 Å². The van der Waals surface area contributed by atoms with E-state index in [9.17, 15) is 0 Å². The van der Waals surface area contributed by atoms with Crippen molar-refractivity contribution >= 4 is 5.71 Å². The van der Waals surface area contributed by atoms with Crippen molar-refractivity contribution in [3.05, 3.63) is 35.4 Å². The summed E-state index contributed by atoms with van der Waals surface area (Å²) in [5.74, 6) is 0. The van der Waals surface area contributed by atoms with Gasteiger partial charge in [-0.3, -0.25) is 0 Å². The molecule has 0 aliphatic heterocycles. The SMILES string of the molecule is CO/N=C(/C)c1ccc(C(C)(C)C)cc1. The second-order valence-electron chi connectivity index (χ2n) is 4.69. The summed E-state index contributed by atoms with van der Waals surface area (Å²) in [4.78, 5) is 4.74. The molecule has 1 aromatic rings. The van der Waals surface area contributed by atoms with E-state index >= 15 is 0 Å². The van der Waals surface area contributed by atoms with Crippen molar-refractivity contribution < 1.29 is 4.84 Å². The Hall–Kier alpha value is -1.31. The van der Waals surface area contributed by atoms with Gasteiger partial charge in [0.2, 0.25) is 0 Å². The van der Waals surface area contributed by atoms with Crippen LogP contribution in [0.4, 0.5) is 0 Å². The average Bonchev–Trinajstić information content (AvgIpc) is 2.17. The summed E-state index contributed by atoms with van der Waals surface area (Å²) in [5, 5.41) is 3.90. The Kier molecular flexibility index (Phi) is 3.51. The van der Waals surface area contributed by atoms with Gasteiger partial charge in [-0.15, -0.1) is 0 Å². The van der Waals surface area contributed by atoms with Crippen molar-refractivity contribution in [1.29, 1.82) is 0 Å². The molecule has 0 aromatic heterocycles.